The summed E-state index contributed by atoms with van der Waals surface area (Å²) in [5, 5.41) is 2.76. The van der Waals surface area contributed by atoms with Crippen molar-refractivity contribution in [3.05, 3.63) is 84.7 Å². The molecule has 22 heavy (non-hydrogen) atoms. The first-order chi connectivity index (χ1) is 10.8. The molecule has 1 aromatic heterocycles. The van der Waals surface area contributed by atoms with Gasteiger partial charge in [0.1, 0.15) is 5.75 Å². The summed E-state index contributed by atoms with van der Waals surface area (Å²) in [5.41, 5.74) is 2.04. The number of hydrogen-bond donors (Lipinski definition) is 1. The van der Waals surface area contributed by atoms with Crippen LogP contribution in [-0.2, 0) is 6.54 Å². The Morgan fingerprint density at radius 3 is 2.32 bits per heavy atom. The SMILES string of the molecule is O=C(NCc1cccn1-c1ccccc1)Oc1ccccc1. The quantitative estimate of drug-likeness (QED) is 0.795. The fourth-order valence-electron chi connectivity index (χ4n) is 2.20. The van der Waals surface area contributed by atoms with Crippen molar-refractivity contribution in [3.63, 3.8) is 0 Å². The van der Waals surface area contributed by atoms with Crippen molar-refractivity contribution in [2.24, 2.45) is 0 Å². The van der Waals surface area contributed by atoms with Crippen LogP contribution < -0.4 is 10.1 Å². The van der Waals surface area contributed by atoms with E-state index in [9.17, 15) is 4.79 Å². The average Bonchev–Trinajstić information content (AvgIpc) is 3.03. The van der Waals surface area contributed by atoms with Crippen LogP contribution >= 0.6 is 0 Å². The Bertz CT molecular complexity index is 736. The maximum absolute atomic E-state index is 11.8. The van der Waals surface area contributed by atoms with Gasteiger partial charge in [-0.2, -0.15) is 0 Å². The number of benzene rings is 2. The monoisotopic (exact) mass is 292 g/mol. The second-order valence-corrected chi connectivity index (χ2v) is 4.76. The first kappa shape index (κ1) is 13.9. The van der Waals surface area contributed by atoms with E-state index in [0.717, 1.165) is 11.4 Å². The van der Waals surface area contributed by atoms with E-state index in [2.05, 4.69) is 5.32 Å². The van der Waals surface area contributed by atoms with Crippen molar-refractivity contribution < 1.29 is 9.53 Å². The lowest BCUT2D eigenvalue weighted by Gasteiger charge is -2.10. The third-order valence-corrected chi connectivity index (χ3v) is 3.24. The highest BCUT2D eigenvalue weighted by molar-refractivity contribution is 5.70. The number of nitrogens with zero attached hydrogens (tertiary/aromatic N) is 1. The van der Waals surface area contributed by atoms with Crippen LogP contribution in [0.2, 0.25) is 0 Å². The Morgan fingerprint density at radius 2 is 1.59 bits per heavy atom. The summed E-state index contributed by atoms with van der Waals surface area (Å²) in [6, 6.07) is 22.9. The summed E-state index contributed by atoms with van der Waals surface area (Å²) in [6.45, 7) is 0.396. The standard InChI is InChI=1S/C18H16N2O2/c21-18(22-17-11-5-2-6-12-17)19-14-16-10-7-13-20(16)15-8-3-1-4-9-15/h1-13H,14H2,(H,19,21). The molecular weight excluding hydrogens is 276 g/mol. The average molecular weight is 292 g/mol. The number of rotatable bonds is 4. The predicted molar refractivity (Wildman–Crippen MR) is 85.1 cm³/mol. The minimum absolute atomic E-state index is 0.396. The largest absolute Gasteiger partial charge is 0.412 e. The van der Waals surface area contributed by atoms with Gasteiger partial charge in [-0.25, -0.2) is 4.79 Å². The van der Waals surface area contributed by atoms with E-state index in [4.69, 9.17) is 4.74 Å². The number of carbonyl (C=O) groups is 1. The minimum Gasteiger partial charge on any atom is -0.410 e. The van der Waals surface area contributed by atoms with Gasteiger partial charge in [-0.1, -0.05) is 36.4 Å². The summed E-state index contributed by atoms with van der Waals surface area (Å²) in [7, 11) is 0. The maximum Gasteiger partial charge on any atom is 0.412 e. The highest BCUT2D eigenvalue weighted by atomic mass is 16.6. The number of nitrogens with one attached hydrogen (secondary N) is 1. The third kappa shape index (κ3) is 3.35. The minimum atomic E-state index is -0.466. The molecule has 0 fully saturated rings. The molecule has 1 amide bonds. The van der Waals surface area contributed by atoms with Crippen LogP contribution in [0.4, 0.5) is 4.79 Å². The van der Waals surface area contributed by atoms with Gasteiger partial charge in [-0.3, -0.25) is 0 Å². The van der Waals surface area contributed by atoms with E-state index in [1.54, 1.807) is 12.1 Å². The molecule has 0 bridgehead atoms. The maximum atomic E-state index is 11.8. The van der Waals surface area contributed by atoms with E-state index in [0.29, 0.717) is 12.3 Å². The van der Waals surface area contributed by atoms with Gasteiger partial charge in [0.05, 0.1) is 6.54 Å². The molecule has 0 radical (unpaired) electrons. The predicted octanol–water partition coefficient (Wildman–Crippen LogP) is 3.77. The van der Waals surface area contributed by atoms with Crippen LogP contribution in [0.1, 0.15) is 5.69 Å². The molecular formula is C18H16N2O2. The van der Waals surface area contributed by atoms with Gasteiger partial charge in [-0.15, -0.1) is 0 Å². The number of para-hydroxylation sites is 2. The summed E-state index contributed by atoms with van der Waals surface area (Å²) in [4.78, 5) is 11.8. The summed E-state index contributed by atoms with van der Waals surface area (Å²) in [5.74, 6) is 0.526. The first-order valence-electron chi connectivity index (χ1n) is 7.05. The summed E-state index contributed by atoms with van der Waals surface area (Å²) in [6.07, 6.45) is 1.50. The van der Waals surface area contributed by atoms with Crippen molar-refractivity contribution in [3.8, 4) is 11.4 Å². The Morgan fingerprint density at radius 1 is 0.909 bits per heavy atom. The normalized spacial score (nSPS) is 10.2. The van der Waals surface area contributed by atoms with Gasteiger partial charge < -0.3 is 14.6 Å². The first-order valence-corrected chi connectivity index (χ1v) is 7.05. The fraction of sp³-hybridized carbons (Fsp3) is 0.0556. The van der Waals surface area contributed by atoms with Gasteiger partial charge in [-0.05, 0) is 36.4 Å². The number of aromatic nitrogens is 1. The van der Waals surface area contributed by atoms with Crippen molar-refractivity contribution in [2.45, 2.75) is 6.54 Å². The molecule has 0 unspecified atom stereocenters. The van der Waals surface area contributed by atoms with E-state index in [-0.39, 0.29) is 0 Å². The van der Waals surface area contributed by atoms with Gasteiger partial charge >= 0.3 is 6.09 Å². The van der Waals surface area contributed by atoms with Crippen LogP contribution in [-0.4, -0.2) is 10.7 Å². The second-order valence-electron chi connectivity index (χ2n) is 4.76. The van der Waals surface area contributed by atoms with Crippen LogP contribution in [0.3, 0.4) is 0 Å². The summed E-state index contributed by atoms with van der Waals surface area (Å²) >= 11 is 0. The Hall–Kier alpha value is -3.01. The van der Waals surface area contributed by atoms with Crippen LogP contribution in [0.5, 0.6) is 5.75 Å². The Labute approximate surface area is 129 Å². The number of carbonyl (C=O) groups excluding carboxylic acids is 1. The molecule has 4 heteroatoms. The molecule has 0 atom stereocenters. The molecule has 3 aromatic rings. The second kappa shape index (κ2) is 6.63. The highest BCUT2D eigenvalue weighted by Gasteiger charge is 2.07. The molecule has 0 aliphatic carbocycles. The molecule has 0 aliphatic rings. The van der Waals surface area contributed by atoms with Gasteiger partial charge in [0, 0.05) is 17.6 Å². The van der Waals surface area contributed by atoms with E-state index >= 15 is 0 Å². The highest BCUT2D eigenvalue weighted by Crippen LogP contribution is 2.12. The number of ether oxygens (including phenoxy) is 1. The van der Waals surface area contributed by atoms with E-state index < -0.39 is 6.09 Å². The smallest absolute Gasteiger partial charge is 0.410 e. The third-order valence-electron chi connectivity index (χ3n) is 3.24. The molecule has 3 rings (SSSR count). The van der Waals surface area contributed by atoms with Gasteiger partial charge in [0.2, 0.25) is 0 Å². The van der Waals surface area contributed by atoms with Crippen LogP contribution in [0, 0.1) is 0 Å². The van der Waals surface area contributed by atoms with Crippen molar-refractivity contribution in [1.82, 2.24) is 9.88 Å². The zero-order chi connectivity index (χ0) is 15.2. The number of hydrogen-bond acceptors (Lipinski definition) is 2. The molecule has 2 aromatic carbocycles. The molecule has 0 aliphatic heterocycles. The molecule has 0 saturated heterocycles. The molecule has 0 spiro atoms. The van der Waals surface area contributed by atoms with Crippen LogP contribution in [0.25, 0.3) is 5.69 Å². The Balaban J connectivity index is 1.63. The zero-order valence-electron chi connectivity index (χ0n) is 12.0. The topological polar surface area (TPSA) is 43.3 Å². The van der Waals surface area contributed by atoms with E-state index in [1.807, 2.05) is 71.4 Å². The molecule has 1 N–H and O–H groups in total. The summed E-state index contributed by atoms with van der Waals surface area (Å²) < 4.78 is 7.23. The fourth-order valence-corrected chi connectivity index (χ4v) is 2.20. The molecule has 4 nitrogen and oxygen atoms in total. The number of amides is 1. The molecule has 0 saturated carbocycles. The van der Waals surface area contributed by atoms with Gasteiger partial charge in [0.15, 0.2) is 0 Å². The molecule has 110 valence electrons. The Kier molecular flexibility index (Phi) is 4.20. The van der Waals surface area contributed by atoms with E-state index in [1.165, 1.54) is 0 Å². The zero-order valence-corrected chi connectivity index (χ0v) is 12.0. The lowest BCUT2D eigenvalue weighted by Crippen LogP contribution is -2.27. The lowest BCUT2D eigenvalue weighted by atomic mass is 10.3. The van der Waals surface area contributed by atoms with Gasteiger partial charge in [0.25, 0.3) is 0 Å². The van der Waals surface area contributed by atoms with Crippen molar-refractivity contribution in [2.75, 3.05) is 0 Å². The van der Waals surface area contributed by atoms with Crippen molar-refractivity contribution >= 4 is 6.09 Å². The van der Waals surface area contributed by atoms with Crippen molar-refractivity contribution in [1.29, 1.82) is 0 Å². The lowest BCUT2D eigenvalue weighted by molar-refractivity contribution is 0.200. The molecule has 1 heterocycles. The van der Waals surface area contributed by atoms with Crippen LogP contribution in [0.15, 0.2) is 79.0 Å².